The molecule has 1 spiro atoms. The Labute approximate surface area is 225 Å². The van der Waals surface area contributed by atoms with E-state index >= 15 is 4.39 Å². The largest absolute Gasteiger partial charge is 0.394 e. The summed E-state index contributed by atoms with van der Waals surface area (Å²) in [5.74, 6) is -2.42. The van der Waals surface area contributed by atoms with E-state index in [-0.39, 0.29) is 34.9 Å². The minimum atomic E-state index is -1.33. The minimum Gasteiger partial charge on any atom is -0.394 e. The lowest BCUT2D eigenvalue weighted by molar-refractivity contribution is -0.124. The van der Waals surface area contributed by atoms with Gasteiger partial charge in [-0.15, -0.1) is 0 Å². The van der Waals surface area contributed by atoms with Gasteiger partial charge in [0.1, 0.15) is 11.2 Å². The fourth-order valence-electron chi connectivity index (χ4n) is 5.72. The summed E-state index contributed by atoms with van der Waals surface area (Å²) in [6.45, 7) is 5.78. The Morgan fingerprint density at radius 1 is 1.24 bits per heavy atom. The van der Waals surface area contributed by atoms with Gasteiger partial charge in [-0.25, -0.2) is 4.39 Å². The highest BCUT2D eigenvalue weighted by atomic mass is 35.5. The fraction of sp³-hybridized carbons (Fsp3) is 0.481. The number of anilines is 1. The lowest BCUT2D eigenvalue weighted by Gasteiger charge is -2.37. The second-order valence-corrected chi connectivity index (χ2v) is 11.9. The molecule has 2 aromatic carbocycles. The molecular formula is C27H32Cl2FN3O4. The Bertz CT molecular complexity index is 1200. The maximum Gasteiger partial charge on any atom is 0.237 e. The van der Waals surface area contributed by atoms with E-state index in [4.69, 9.17) is 28.3 Å². The molecule has 37 heavy (non-hydrogen) atoms. The maximum absolute atomic E-state index is 15.7. The van der Waals surface area contributed by atoms with Crippen LogP contribution in [0.3, 0.4) is 0 Å². The lowest BCUT2D eigenvalue weighted by atomic mass is 9.62. The summed E-state index contributed by atoms with van der Waals surface area (Å²) in [4.78, 5) is 27.6. The number of nitrogens with one attached hydrogen (secondary N) is 3. The van der Waals surface area contributed by atoms with Gasteiger partial charge < -0.3 is 26.2 Å². The van der Waals surface area contributed by atoms with Crippen LogP contribution in [0.2, 0.25) is 10.0 Å². The Kier molecular flexibility index (Phi) is 7.89. The van der Waals surface area contributed by atoms with Crippen LogP contribution in [0, 0.1) is 11.2 Å². The second kappa shape index (κ2) is 10.5. The van der Waals surface area contributed by atoms with Crippen molar-refractivity contribution in [3.05, 3.63) is 63.4 Å². The van der Waals surface area contributed by atoms with Crippen LogP contribution in [0.4, 0.5) is 10.1 Å². The standard InChI is InChI=1S/C27H32Cl2FN3O4/c1-26(2,3)12-20-27(17-8-7-14(28)11-19(17)32-25(27)37)21(16-5-4-6-18(29)22(16)30)23(33-20)24(36)31-10-9-15(35)13-34/h4-8,11,15,20-21,23,33-35H,9-10,12-13H2,1-3H3,(H,31,36)(H,32,37)/t15-,20+,21-,23?,27?/m0/s1. The third-order valence-electron chi connectivity index (χ3n) is 7.21. The molecule has 2 aromatic rings. The van der Waals surface area contributed by atoms with Crippen molar-refractivity contribution in [1.82, 2.24) is 10.6 Å². The van der Waals surface area contributed by atoms with Crippen LogP contribution in [0.15, 0.2) is 36.4 Å². The number of aliphatic hydroxyl groups is 2. The molecule has 1 fully saturated rings. The van der Waals surface area contributed by atoms with Crippen molar-refractivity contribution in [1.29, 1.82) is 0 Å². The molecule has 0 bridgehead atoms. The fourth-order valence-corrected chi connectivity index (χ4v) is 6.07. The summed E-state index contributed by atoms with van der Waals surface area (Å²) in [7, 11) is 0. The highest BCUT2D eigenvalue weighted by Gasteiger charge is 2.66. The van der Waals surface area contributed by atoms with Crippen molar-refractivity contribution in [2.24, 2.45) is 5.41 Å². The van der Waals surface area contributed by atoms with Gasteiger partial charge in [0.05, 0.1) is 23.8 Å². The lowest BCUT2D eigenvalue weighted by Crippen LogP contribution is -2.49. The first-order chi connectivity index (χ1) is 17.4. The highest BCUT2D eigenvalue weighted by molar-refractivity contribution is 6.31. The Hall–Kier alpha value is -2.23. The van der Waals surface area contributed by atoms with Gasteiger partial charge in [-0.05, 0) is 47.6 Å². The number of amides is 2. The number of rotatable bonds is 7. The number of carbonyl (C=O) groups excluding carboxylic acids is 2. The molecule has 5 atom stereocenters. The van der Waals surface area contributed by atoms with Gasteiger partial charge in [-0.1, -0.05) is 62.2 Å². The van der Waals surface area contributed by atoms with Gasteiger partial charge in [0, 0.05) is 29.2 Å². The number of halogens is 3. The first-order valence-corrected chi connectivity index (χ1v) is 13.0. The van der Waals surface area contributed by atoms with Crippen molar-refractivity contribution >= 4 is 40.7 Å². The van der Waals surface area contributed by atoms with E-state index in [0.717, 1.165) is 0 Å². The average molecular weight is 552 g/mol. The van der Waals surface area contributed by atoms with Crippen molar-refractivity contribution in [2.75, 3.05) is 18.5 Å². The van der Waals surface area contributed by atoms with Gasteiger partial charge in [0.25, 0.3) is 0 Å². The Morgan fingerprint density at radius 2 is 1.97 bits per heavy atom. The van der Waals surface area contributed by atoms with Crippen LogP contribution in [0.1, 0.15) is 50.7 Å². The second-order valence-electron chi connectivity index (χ2n) is 11.0. The van der Waals surface area contributed by atoms with E-state index in [1.165, 1.54) is 6.07 Å². The normalized spacial score (nSPS) is 25.7. The zero-order chi connectivity index (χ0) is 27.1. The number of benzene rings is 2. The summed E-state index contributed by atoms with van der Waals surface area (Å²) in [5, 5.41) is 28.2. The molecule has 1 saturated heterocycles. The number of aliphatic hydroxyl groups excluding tert-OH is 2. The first kappa shape index (κ1) is 27.8. The number of fused-ring (bicyclic) bond motifs is 2. The van der Waals surface area contributed by atoms with Gasteiger partial charge in [0.15, 0.2) is 0 Å². The third kappa shape index (κ3) is 5.10. The van der Waals surface area contributed by atoms with Crippen molar-refractivity contribution in [3.8, 4) is 0 Å². The molecule has 2 amide bonds. The molecule has 0 aromatic heterocycles. The quantitative estimate of drug-likeness (QED) is 0.360. The molecule has 2 heterocycles. The zero-order valence-corrected chi connectivity index (χ0v) is 22.5. The predicted octanol–water partition coefficient (Wildman–Crippen LogP) is 3.74. The number of hydrogen-bond acceptors (Lipinski definition) is 5. The smallest absolute Gasteiger partial charge is 0.237 e. The summed E-state index contributed by atoms with van der Waals surface area (Å²) >= 11 is 12.4. The summed E-state index contributed by atoms with van der Waals surface area (Å²) in [5.41, 5.74) is -0.249. The Morgan fingerprint density at radius 3 is 2.65 bits per heavy atom. The van der Waals surface area contributed by atoms with Crippen molar-refractivity contribution in [2.45, 2.75) is 63.1 Å². The van der Waals surface area contributed by atoms with E-state index in [1.54, 1.807) is 30.3 Å². The van der Waals surface area contributed by atoms with Crippen molar-refractivity contribution < 1.29 is 24.2 Å². The van der Waals surface area contributed by atoms with Gasteiger partial charge in [0.2, 0.25) is 11.8 Å². The van der Waals surface area contributed by atoms with Crippen LogP contribution in [-0.4, -0.2) is 53.4 Å². The molecule has 0 aliphatic carbocycles. The van der Waals surface area contributed by atoms with Crippen LogP contribution in [-0.2, 0) is 15.0 Å². The van der Waals surface area contributed by atoms with Crippen LogP contribution in [0.5, 0.6) is 0 Å². The van der Waals surface area contributed by atoms with Crippen LogP contribution in [0.25, 0.3) is 0 Å². The molecule has 2 aliphatic heterocycles. The van der Waals surface area contributed by atoms with Crippen LogP contribution >= 0.6 is 23.2 Å². The van der Waals surface area contributed by atoms with Crippen LogP contribution < -0.4 is 16.0 Å². The van der Waals surface area contributed by atoms with E-state index in [1.807, 2.05) is 20.8 Å². The molecular weight excluding hydrogens is 520 g/mol. The van der Waals surface area contributed by atoms with E-state index in [0.29, 0.717) is 22.7 Å². The molecule has 200 valence electrons. The van der Waals surface area contributed by atoms with Gasteiger partial charge in [-0.3, -0.25) is 9.59 Å². The molecule has 4 rings (SSSR count). The zero-order valence-electron chi connectivity index (χ0n) is 20.9. The molecule has 0 radical (unpaired) electrons. The monoisotopic (exact) mass is 551 g/mol. The van der Waals surface area contributed by atoms with Gasteiger partial charge >= 0.3 is 0 Å². The summed E-state index contributed by atoms with van der Waals surface area (Å²) in [6, 6.07) is 8.18. The van der Waals surface area contributed by atoms with E-state index in [2.05, 4.69) is 16.0 Å². The summed E-state index contributed by atoms with van der Waals surface area (Å²) < 4.78 is 15.7. The van der Waals surface area contributed by atoms with Gasteiger partial charge in [-0.2, -0.15) is 0 Å². The summed E-state index contributed by atoms with van der Waals surface area (Å²) in [6.07, 6.45) is -0.326. The number of carbonyl (C=O) groups is 2. The van der Waals surface area contributed by atoms with E-state index < -0.39 is 47.9 Å². The minimum absolute atomic E-state index is 0.0960. The number of hydrogen-bond donors (Lipinski definition) is 5. The molecule has 0 saturated carbocycles. The predicted molar refractivity (Wildman–Crippen MR) is 141 cm³/mol. The highest BCUT2D eigenvalue weighted by Crippen LogP contribution is 2.57. The molecule has 2 aliphatic rings. The molecule has 7 nitrogen and oxygen atoms in total. The molecule has 2 unspecified atom stereocenters. The van der Waals surface area contributed by atoms with E-state index in [9.17, 15) is 14.7 Å². The van der Waals surface area contributed by atoms with Crippen molar-refractivity contribution in [3.63, 3.8) is 0 Å². The molecule has 5 N–H and O–H groups in total. The SMILES string of the molecule is CC(C)(C)C[C@H]1NC(C(=O)NCC[C@H](O)CO)[C@H](c2cccc(Cl)c2F)C12C(=O)Nc1cc(Cl)ccc12. The third-order valence-corrected chi connectivity index (χ3v) is 7.74. The molecule has 10 heteroatoms. The topological polar surface area (TPSA) is 111 Å². The average Bonchev–Trinajstić information content (AvgIpc) is 3.29. The first-order valence-electron chi connectivity index (χ1n) is 12.3. The maximum atomic E-state index is 15.7. The Balaban J connectivity index is 1.90.